The number of furan rings is 1. The Bertz CT molecular complexity index is 2710. The van der Waals surface area contributed by atoms with Crippen molar-refractivity contribution in [3.63, 3.8) is 0 Å². The van der Waals surface area contributed by atoms with Crippen LogP contribution in [0.2, 0.25) is 0 Å². The Kier molecular flexibility index (Phi) is 6.35. The Morgan fingerprint density at radius 1 is 0.540 bits per heavy atom. The first-order valence-electron chi connectivity index (χ1n) is 17.7. The van der Waals surface area contributed by atoms with Crippen LogP contribution in [-0.4, -0.2) is 4.57 Å². The molecule has 10 rings (SSSR count). The van der Waals surface area contributed by atoms with Gasteiger partial charge in [-0.1, -0.05) is 111 Å². The number of fused-ring (bicyclic) bond motifs is 9. The molecule has 3 heteroatoms. The van der Waals surface area contributed by atoms with Gasteiger partial charge in [-0.05, 0) is 95.8 Å². The highest BCUT2D eigenvalue weighted by Crippen LogP contribution is 2.54. The number of hydrogen-bond acceptors (Lipinski definition) is 2. The maximum Gasteiger partial charge on any atom is 0.145 e. The summed E-state index contributed by atoms with van der Waals surface area (Å²) in [6, 6.07) is 57.2. The van der Waals surface area contributed by atoms with E-state index in [4.69, 9.17) is 4.42 Å². The van der Waals surface area contributed by atoms with Crippen LogP contribution < -0.4 is 4.90 Å². The van der Waals surface area contributed by atoms with Gasteiger partial charge in [0.1, 0.15) is 11.2 Å². The zero-order valence-corrected chi connectivity index (χ0v) is 28.2. The number of para-hydroxylation sites is 3. The summed E-state index contributed by atoms with van der Waals surface area (Å²) in [5.74, 6) is 0. The molecule has 7 aromatic carbocycles. The lowest BCUT2D eigenvalue weighted by molar-refractivity contribution is 0.474. The molecule has 0 fully saturated rings. The molecule has 1 aliphatic heterocycles. The molecule has 0 amide bonds. The number of rotatable bonds is 6. The quantitative estimate of drug-likeness (QED) is 0.180. The maximum absolute atomic E-state index is 6.70. The van der Waals surface area contributed by atoms with Gasteiger partial charge in [0.2, 0.25) is 0 Å². The number of benzene rings is 7. The van der Waals surface area contributed by atoms with Crippen LogP contribution >= 0.6 is 0 Å². The van der Waals surface area contributed by atoms with Crippen molar-refractivity contribution >= 4 is 60.8 Å². The van der Waals surface area contributed by atoms with Gasteiger partial charge < -0.3 is 13.9 Å². The summed E-state index contributed by atoms with van der Waals surface area (Å²) in [5, 5.41) is 4.82. The van der Waals surface area contributed by atoms with Gasteiger partial charge in [-0.2, -0.15) is 0 Å². The first kappa shape index (κ1) is 28.9. The van der Waals surface area contributed by atoms with Crippen molar-refractivity contribution < 1.29 is 4.42 Å². The van der Waals surface area contributed by atoms with Crippen molar-refractivity contribution in [3.8, 4) is 16.8 Å². The average molecular weight is 645 g/mol. The summed E-state index contributed by atoms with van der Waals surface area (Å²) in [5.41, 5.74) is 14.1. The molecule has 0 bridgehead atoms. The first-order chi connectivity index (χ1) is 24.7. The highest BCUT2D eigenvalue weighted by atomic mass is 16.3. The van der Waals surface area contributed by atoms with Crippen LogP contribution in [-0.2, 0) is 5.41 Å². The fourth-order valence-corrected chi connectivity index (χ4v) is 8.80. The van der Waals surface area contributed by atoms with E-state index in [1.807, 2.05) is 0 Å². The Morgan fingerprint density at radius 2 is 1.16 bits per heavy atom. The summed E-state index contributed by atoms with van der Waals surface area (Å²) in [7, 11) is 0. The van der Waals surface area contributed by atoms with Gasteiger partial charge in [0.25, 0.3) is 0 Å². The molecule has 0 aliphatic carbocycles. The van der Waals surface area contributed by atoms with Gasteiger partial charge in [0.05, 0.1) is 22.1 Å². The second-order valence-electron chi connectivity index (χ2n) is 13.5. The van der Waals surface area contributed by atoms with Gasteiger partial charge in [0, 0.05) is 38.6 Å². The Labute approximate surface area is 291 Å². The lowest BCUT2D eigenvalue weighted by atomic mass is 9.67. The van der Waals surface area contributed by atoms with Crippen molar-refractivity contribution in [2.24, 2.45) is 0 Å². The monoisotopic (exact) mass is 644 g/mol. The third-order valence-electron chi connectivity index (χ3n) is 11.2. The molecule has 0 unspecified atom stereocenters. The minimum Gasteiger partial charge on any atom is -0.455 e. The molecule has 0 saturated heterocycles. The smallest absolute Gasteiger partial charge is 0.145 e. The summed E-state index contributed by atoms with van der Waals surface area (Å²) in [6.07, 6.45) is 1.96. The number of anilines is 3. The van der Waals surface area contributed by atoms with E-state index in [9.17, 15) is 0 Å². The molecular formula is C47H36N2O. The van der Waals surface area contributed by atoms with Crippen LogP contribution in [0.4, 0.5) is 17.1 Å². The lowest BCUT2D eigenvalue weighted by Crippen LogP contribution is -2.32. The molecule has 0 atom stereocenters. The van der Waals surface area contributed by atoms with Crippen LogP contribution in [0, 0.1) is 0 Å². The number of aromatic nitrogens is 1. The fourth-order valence-electron chi connectivity index (χ4n) is 8.80. The second-order valence-corrected chi connectivity index (χ2v) is 13.5. The third-order valence-corrected chi connectivity index (χ3v) is 11.2. The molecule has 0 saturated carbocycles. The Hall–Kier alpha value is -6.06. The van der Waals surface area contributed by atoms with E-state index >= 15 is 0 Å². The minimum atomic E-state index is -0.194. The van der Waals surface area contributed by atoms with Gasteiger partial charge in [-0.3, -0.25) is 0 Å². The number of nitrogens with zero attached hydrogens (tertiary/aromatic N) is 2. The Balaban J connectivity index is 1.25. The Morgan fingerprint density at radius 3 is 1.92 bits per heavy atom. The molecular weight excluding hydrogens is 609 g/mol. The highest BCUT2D eigenvalue weighted by molar-refractivity contribution is 6.25. The summed E-state index contributed by atoms with van der Waals surface area (Å²) in [4.78, 5) is 2.40. The molecule has 240 valence electrons. The maximum atomic E-state index is 6.70. The van der Waals surface area contributed by atoms with E-state index < -0.39 is 0 Å². The van der Waals surface area contributed by atoms with E-state index in [-0.39, 0.29) is 5.41 Å². The van der Waals surface area contributed by atoms with Crippen molar-refractivity contribution in [2.45, 2.75) is 32.1 Å². The highest BCUT2D eigenvalue weighted by Gasteiger charge is 2.41. The zero-order chi connectivity index (χ0) is 33.4. The first-order valence-corrected chi connectivity index (χ1v) is 17.7. The minimum absolute atomic E-state index is 0.194. The molecule has 0 spiro atoms. The van der Waals surface area contributed by atoms with E-state index in [1.165, 1.54) is 60.5 Å². The van der Waals surface area contributed by atoms with Crippen molar-refractivity contribution in [1.82, 2.24) is 4.57 Å². The van der Waals surface area contributed by atoms with Crippen LogP contribution in [0.25, 0.3) is 60.6 Å². The van der Waals surface area contributed by atoms with E-state index in [0.717, 1.165) is 41.1 Å². The van der Waals surface area contributed by atoms with Crippen LogP contribution in [0.1, 0.15) is 37.8 Å². The SMILES string of the molecule is CCC1(CC)c2cc(N(c3ccccc3)c3ccc(-c4ccccc4)cc3)ccc2-n2c3ccccc3c3c4oc5ccccc5c4cc1c32. The van der Waals surface area contributed by atoms with Gasteiger partial charge >= 0.3 is 0 Å². The normalized spacial score (nSPS) is 13.3. The second kappa shape index (κ2) is 11.0. The van der Waals surface area contributed by atoms with Crippen LogP contribution in [0.3, 0.4) is 0 Å². The third kappa shape index (κ3) is 3.98. The predicted octanol–water partition coefficient (Wildman–Crippen LogP) is 13.2. The van der Waals surface area contributed by atoms with Crippen LogP contribution in [0.5, 0.6) is 0 Å². The topological polar surface area (TPSA) is 21.3 Å². The molecule has 2 aromatic heterocycles. The summed E-state index contributed by atoms with van der Waals surface area (Å²) in [6.45, 7) is 4.72. The number of hydrogen-bond donors (Lipinski definition) is 0. The molecule has 0 N–H and O–H groups in total. The molecule has 0 radical (unpaired) electrons. The van der Waals surface area contributed by atoms with Gasteiger partial charge in [-0.15, -0.1) is 0 Å². The molecule has 50 heavy (non-hydrogen) atoms. The van der Waals surface area contributed by atoms with Crippen LogP contribution in [0.15, 0.2) is 162 Å². The van der Waals surface area contributed by atoms with Crippen molar-refractivity contribution in [3.05, 3.63) is 169 Å². The fraction of sp³-hybridized carbons (Fsp3) is 0.106. The van der Waals surface area contributed by atoms with Crippen molar-refractivity contribution in [1.29, 1.82) is 0 Å². The summed E-state index contributed by atoms with van der Waals surface area (Å²) < 4.78 is 9.21. The molecule has 9 aromatic rings. The van der Waals surface area contributed by atoms with Crippen molar-refractivity contribution in [2.75, 3.05) is 4.90 Å². The van der Waals surface area contributed by atoms with Gasteiger partial charge in [-0.25, -0.2) is 0 Å². The van der Waals surface area contributed by atoms with E-state index in [2.05, 4.69) is 181 Å². The zero-order valence-electron chi connectivity index (χ0n) is 28.2. The largest absolute Gasteiger partial charge is 0.455 e. The molecule has 3 heterocycles. The summed E-state index contributed by atoms with van der Waals surface area (Å²) >= 11 is 0. The predicted molar refractivity (Wildman–Crippen MR) is 210 cm³/mol. The standard InChI is InChI=1S/C47H36N2O/c1-3-47(4-2)39-29-35(48(33-17-9-6-10-18-33)34-25-23-32(24-26-34)31-15-7-5-8-16-31)27-28-42(39)49-41-21-13-11-20-37(41)44-45(49)40(47)30-38-36-19-12-14-22-43(36)50-46(38)44/h5-30H,3-4H2,1-2H3. The van der Waals surface area contributed by atoms with E-state index in [0.29, 0.717) is 0 Å². The lowest BCUT2D eigenvalue weighted by Gasteiger charge is -2.40. The van der Waals surface area contributed by atoms with E-state index in [1.54, 1.807) is 0 Å². The average Bonchev–Trinajstić information content (AvgIpc) is 3.73. The van der Waals surface area contributed by atoms with Gasteiger partial charge in [0.15, 0.2) is 0 Å². The molecule has 1 aliphatic rings. The molecule has 3 nitrogen and oxygen atoms in total.